The van der Waals surface area contributed by atoms with Crippen LogP contribution < -0.4 is 10.6 Å². The van der Waals surface area contributed by atoms with E-state index in [-0.39, 0.29) is 34.6 Å². The van der Waals surface area contributed by atoms with Crippen LogP contribution in [0.1, 0.15) is 30.6 Å². The van der Waals surface area contributed by atoms with Crippen molar-refractivity contribution in [1.82, 2.24) is 0 Å². The van der Waals surface area contributed by atoms with Crippen LogP contribution in [0.5, 0.6) is 0 Å². The molecule has 31 heavy (non-hydrogen) atoms. The third-order valence-electron chi connectivity index (χ3n) is 4.50. The molecule has 2 N–H and O–H groups in total. The Morgan fingerprint density at radius 2 is 1.97 bits per heavy atom. The van der Waals surface area contributed by atoms with Gasteiger partial charge in [-0.2, -0.15) is 0 Å². The van der Waals surface area contributed by atoms with E-state index >= 15 is 0 Å². The number of carbonyl (C=O) groups excluding carboxylic acids is 3. The van der Waals surface area contributed by atoms with Gasteiger partial charge in [0.1, 0.15) is 0 Å². The standard InChI is InChI=1S/C21H22N2O6S2/c1-3-29-21(26)14-5-4-6-15(11-14)22-19(24)9-10-31(27,28)16-7-8-18-17(12-16)23-20(25)13(2)30-18/h4-8,11-13H,3,9-10H2,1-2H3,(H,22,24)(H,23,25)/t13-/m0/s1. The number of amides is 2. The highest BCUT2D eigenvalue weighted by Crippen LogP contribution is 2.36. The van der Waals surface area contributed by atoms with Crippen molar-refractivity contribution in [3.63, 3.8) is 0 Å². The lowest BCUT2D eigenvalue weighted by Crippen LogP contribution is -2.26. The molecule has 0 fully saturated rings. The maximum Gasteiger partial charge on any atom is 0.338 e. The Bertz CT molecular complexity index is 1130. The minimum Gasteiger partial charge on any atom is -0.462 e. The molecular formula is C21H22N2O6S2. The minimum absolute atomic E-state index is 0.0406. The average molecular weight is 463 g/mol. The fraction of sp³-hybridized carbons (Fsp3) is 0.286. The molecule has 1 heterocycles. The average Bonchev–Trinajstić information content (AvgIpc) is 2.73. The topological polar surface area (TPSA) is 119 Å². The van der Waals surface area contributed by atoms with Gasteiger partial charge in [0, 0.05) is 17.0 Å². The predicted molar refractivity (Wildman–Crippen MR) is 118 cm³/mol. The molecule has 1 aliphatic rings. The van der Waals surface area contributed by atoms with Crippen molar-refractivity contribution >= 4 is 50.8 Å². The van der Waals surface area contributed by atoms with Gasteiger partial charge in [0.2, 0.25) is 11.8 Å². The molecule has 0 aliphatic carbocycles. The SMILES string of the molecule is CCOC(=O)c1cccc(NC(=O)CCS(=O)(=O)c2ccc3c(c2)NC(=O)[C@H](C)S3)c1. The monoisotopic (exact) mass is 462 g/mol. The van der Waals surface area contributed by atoms with Crippen molar-refractivity contribution < 1.29 is 27.5 Å². The third-order valence-corrected chi connectivity index (χ3v) is 7.39. The van der Waals surface area contributed by atoms with Crippen LogP contribution in [-0.4, -0.2) is 43.8 Å². The Kier molecular flexibility index (Phi) is 7.01. The molecule has 0 bridgehead atoms. The highest BCUT2D eigenvalue weighted by atomic mass is 32.2. The number of hydrogen-bond donors (Lipinski definition) is 2. The van der Waals surface area contributed by atoms with Crippen LogP contribution in [-0.2, 0) is 24.2 Å². The van der Waals surface area contributed by atoms with Crippen LogP contribution in [0.25, 0.3) is 0 Å². The van der Waals surface area contributed by atoms with Gasteiger partial charge in [0.25, 0.3) is 0 Å². The molecule has 0 aromatic heterocycles. The third kappa shape index (κ3) is 5.65. The van der Waals surface area contributed by atoms with E-state index in [4.69, 9.17) is 4.74 Å². The zero-order chi connectivity index (χ0) is 22.6. The van der Waals surface area contributed by atoms with Gasteiger partial charge in [-0.3, -0.25) is 9.59 Å². The lowest BCUT2D eigenvalue weighted by molar-refractivity contribution is -0.116. The van der Waals surface area contributed by atoms with Crippen LogP contribution in [0.15, 0.2) is 52.3 Å². The summed E-state index contributed by atoms with van der Waals surface area (Å²) in [6, 6.07) is 10.8. The van der Waals surface area contributed by atoms with Gasteiger partial charge in [0.05, 0.1) is 33.8 Å². The smallest absolute Gasteiger partial charge is 0.338 e. The zero-order valence-corrected chi connectivity index (χ0v) is 18.6. The normalized spacial score (nSPS) is 15.5. The molecule has 8 nitrogen and oxygen atoms in total. The van der Waals surface area contributed by atoms with Gasteiger partial charge in [-0.25, -0.2) is 13.2 Å². The van der Waals surface area contributed by atoms with Gasteiger partial charge in [-0.15, -0.1) is 11.8 Å². The summed E-state index contributed by atoms with van der Waals surface area (Å²) in [6.45, 7) is 3.70. The van der Waals surface area contributed by atoms with Gasteiger partial charge >= 0.3 is 5.97 Å². The lowest BCUT2D eigenvalue weighted by Gasteiger charge is -2.21. The van der Waals surface area contributed by atoms with E-state index in [1.54, 1.807) is 38.1 Å². The molecule has 2 amide bonds. The lowest BCUT2D eigenvalue weighted by atomic mass is 10.2. The van der Waals surface area contributed by atoms with Crippen LogP contribution in [0, 0.1) is 0 Å². The minimum atomic E-state index is -3.74. The Morgan fingerprint density at radius 1 is 1.19 bits per heavy atom. The number of fused-ring (bicyclic) bond motifs is 1. The Hall–Kier alpha value is -2.85. The van der Waals surface area contributed by atoms with Crippen molar-refractivity contribution in [2.75, 3.05) is 23.0 Å². The van der Waals surface area contributed by atoms with Gasteiger partial charge in [-0.05, 0) is 50.2 Å². The van der Waals surface area contributed by atoms with E-state index in [0.717, 1.165) is 4.90 Å². The van der Waals surface area contributed by atoms with Crippen LogP contribution in [0.3, 0.4) is 0 Å². The fourth-order valence-electron chi connectivity index (χ4n) is 2.89. The molecule has 0 spiro atoms. The summed E-state index contributed by atoms with van der Waals surface area (Å²) < 4.78 is 30.3. The zero-order valence-electron chi connectivity index (χ0n) is 17.0. The second kappa shape index (κ2) is 9.52. The molecule has 0 radical (unpaired) electrons. The maximum atomic E-state index is 12.7. The Labute approximate surface area is 184 Å². The summed E-state index contributed by atoms with van der Waals surface area (Å²) in [7, 11) is -3.74. The van der Waals surface area contributed by atoms with Crippen molar-refractivity contribution in [3.8, 4) is 0 Å². The highest BCUT2D eigenvalue weighted by molar-refractivity contribution is 8.01. The molecule has 3 rings (SSSR count). The molecule has 2 aromatic rings. The number of ether oxygens (including phenoxy) is 1. The first-order chi connectivity index (χ1) is 14.7. The molecule has 2 aromatic carbocycles. The van der Waals surface area contributed by atoms with E-state index in [9.17, 15) is 22.8 Å². The van der Waals surface area contributed by atoms with E-state index in [1.807, 2.05) is 0 Å². The number of sulfone groups is 1. The number of esters is 1. The number of anilines is 2. The first-order valence-corrected chi connectivity index (χ1v) is 12.1. The van der Waals surface area contributed by atoms with E-state index in [2.05, 4.69) is 10.6 Å². The van der Waals surface area contributed by atoms with E-state index < -0.39 is 27.5 Å². The highest BCUT2D eigenvalue weighted by Gasteiger charge is 2.25. The van der Waals surface area contributed by atoms with Crippen LogP contribution >= 0.6 is 11.8 Å². The molecule has 1 atom stereocenters. The summed E-state index contributed by atoms with van der Waals surface area (Å²) in [4.78, 5) is 36.7. The predicted octanol–water partition coefficient (Wildman–Crippen LogP) is 3.10. The number of rotatable bonds is 7. The number of hydrogen-bond acceptors (Lipinski definition) is 7. The summed E-state index contributed by atoms with van der Waals surface area (Å²) in [5.41, 5.74) is 1.11. The second-order valence-electron chi connectivity index (χ2n) is 6.83. The van der Waals surface area contributed by atoms with Crippen LogP contribution in [0.4, 0.5) is 11.4 Å². The second-order valence-corrected chi connectivity index (χ2v) is 10.3. The van der Waals surface area contributed by atoms with Crippen molar-refractivity contribution in [2.24, 2.45) is 0 Å². The van der Waals surface area contributed by atoms with Crippen LogP contribution in [0.2, 0.25) is 0 Å². The van der Waals surface area contributed by atoms with Crippen molar-refractivity contribution in [1.29, 1.82) is 0 Å². The Balaban J connectivity index is 1.64. The molecule has 0 saturated heterocycles. The quantitative estimate of drug-likeness (QED) is 0.607. The molecule has 10 heteroatoms. The number of carbonyl (C=O) groups is 3. The number of nitrogens with one attached hydrogen (secondary N) is 2. The van der Waals surface area contributed by atoms with Gasteiger partial charge in [-0.1, -0.05) is 6.07 Å². The summed E-state index contributed by atoms with van der Waals surface area (Å²) in [6.07, 6.45) is -0.263. The molecule has 164 valence electrons. The fourth-order valence-corrected chi connectivity index (χ4v) is 5.08. The molecule has 0 saturated carbocycles. The van der Waals surface area contributed by atoms with E-state index in [0.29, 0.717) is 11.4 Å². The maximum absolute atomic E-state index is 12.7. The Morgan fingerprint density at radius 3 is 2.71 bits per heavy atom. The first kappa shape index (κ1) is 22.8. The van der Waals surface area contributed by atoms with Crippen molar-refractivity contribution in [2.45, 2.75) is 35.3 Å². The summed E-state index contributed by atoms with van der Waals surface area (Å²) in [5, 5.41) is 5.05. The summed E-state index contributed by atoms with van der Waals surface area (Å²) in [5.74, 6) is -1.59. The molecule has 1 aliphatic heterocycles. The van der Waals surface area contributed by atoms with Crippen molar-refractivity contribution in [3.05, 3.63) is 48.0 Å². The molecular weight excluding hydrogens is 440 g/mol. The molecule has 0 unspecified atom stereocenters. The number of thioether (sulfide) groups is 1. The largest absolute Gasteiger partial charge is 0.462 e. The van der Waals surface area contributed by atoms with E-state index in [1.165, 1.54) is 30.0 Å². The van der Waals surface area contributed by atoms with Gasteiger partial charge < -0.3 is 15.4 Å². The number of benzene rings is 2. The summed E-state index contributed by atoms with van der Waals surface area (Å²) >= 11 is 1.36. The van der Waals surface area contributed by atoms with Gasteiger partial charge in [0.15, 0.2) is 9.84 Å². The first-order valence-electron chi connectivity index (χ1n) is 9.61.